The number of hydrogen-bond donors (Lipinski definition) is 0. The predicted octanol–water partition coefficient (Wildman–Crippen LogP) is 1.91. The van der Waals surface area contributed by atoms with Gasteiger partial charge in [-0.25, -0.2) is 0 Å². The van der Waals surface area contributed by atoms with Gasteiger partial charge >= 0.3 is 11.9 Å². The summed E-state index contributed by atoms with van der Waals surface area (Å²) in [5.41, 5.74) is 1.61. The van der Waals surface area contributed by atoms with Crippen LogP contribution in [0.3, 0.4) is 0 Å². The maximum Gasteiger partial charge on any atom is 0.303 e. The molecule has 0 radical (unpaired) electrons. The molecule has 0 aromatic heterocycles. The zero-order valence-electron chi connectivity index (χ0n) is 16.9. The van der Waals surface area contributed by atoms with Gasteiger partial charge in [0.2, 0.25) is 12.5 Å². The minimum absolute atomic E-state index is 0.151. The van der Waals surface area contributed by atoms with E-state index in [1.807, 2.05) is 6.07 Å². The number of esters is 2. The lowest BCUT2D eigenvalue weighted by molar-refractivity contribution is -0.180. The SMILES string of the molecule is COc1c2c(cc3c1OCO3)[C@@]13CCN(C2)[C@@H]1CC[C@H](OC(C)=O)[C@H]3OC(C)=O. The number of carbonyl (C=O) groups is 2. The highest BCUT2D eigenvalue weighted by Gasteiger charge is 2.63. The number of benzene rings is 1. The van der Waals surface area contributed by atoms with Crippen LogP contribution in [-0.2, 0) is 31.0 Å². The predicted molar refractivity (Wildman–Crippen MR) is 100.0 cm³/mol. The highest BCUT2D eigenvalue weighted by Crippen LogP contribution is 2.59. The summed E-state index contributed by atoms with van der Waals surface area (Å²) in [6.07, 6.45) is 1.30. The number of carbonyl (C=O) groups excluding carboxylic acids is 2. The highest BCUT2D eigenvalue weighted by atomic mass is 16.7. The second kappa shape index (κ2) is 6.52. The fraction of sp³-hybridized carbons (Fsp3) is 0.619. The zero-order chi connectivity index (χ0) is 20.3. The summed E-state index contributed by atoms with van der Waals surface area (Å²) in [6.45, 7) is 4.57. The van der Waals surface area contributed by atoms with Gasteiger partial charge in [0.25, 0.3) is 0 Å². The molecule has 1 saturated carbocycles. The van der Waals surface area contributed by atoms with Gasteiger partial charge in [-0.05, 0) is 37.4 Å². The first kappa shape index (κ1) is 18.5. The van der Waals surface area contributed by atoms with Gasteiger partial charge in [-0.3, -0.25) is 14.5 Å². The van der Waals surface area contributed by atoms with Crippen LogP contribution in [0.1, 0.15) is 44.2 Å². The van der Waals surface area contributed by atoms with Gasteiger partial charge in [0.1, 0.15) is 12.2 Å². The lowest BCUT2D eigenvalue weighted by Crippen LogP contribution is -2.62. The molecule has 156 valence electrons. The topological polar surface area (TPSA) is 83.5 Å². The molecule has 4 aliphatic rings. The monoisotopic (exact) mass is 403 g/mol. The summed E-state index contributed by atoms with van der Waals surface area (Å²) in [4.78, 5) is 26.3. The molecule has 5 rings (SSSR count). The van der Waals surface area contributed by atoms with Crippen molar-refractivity contribution < 1.29 is 33.3 Å². The van der Waals surface area contributed by atoms with Crippen molar-refractivity contribution in [3.63, 3.8) is 0 Å². The second-order valence-electron chi connectivity index (χ2n) is 8.20. The van der Waals surface area contributed by atoms with E-state index in [-0.39, 0.29) is 24.8 Å². The number of fused-ring (bicyclic) bond motifs is 2. The summed E-state index contributed by atoms with van der Waals surface area (Å²) < 4.78 is 28.6. The van der Waals surface area contributed by atoms with Gasteiger partial charge in [0.05, 0.1) is 12.5 Å². The lowest BCUT2D eigenvalue weighted by atomic mass is 9.60. The van der Waals surface area contributed by atoms with Gasteiger partial charge < -0.3 is 23.7 Å². The Hall–Kier alpha value is -2.48. The molecule has 5 atom stereocenters. The number of methoxy groups -OCH3 is 1. The largest absolute Gasteiger partial charge is 0.492 e. The van der Waals surface area contributed by atoms with Crippen molar-refractivity contribution in [2.45, 2.75) is 63.3 Å². The van der Waals surface area contributed by atoms with Crippen molar-refractivity contribution in [3.05, 3.63) is 17.2 Å². The zero-order valence-corrected chi connectivity index (χ0v) is 16.9. The molecule has 0 amide bonds. The normalized spacial score (nSPS) is 33.5. The molecule has 1 aromatic carbocycles. The fourth-order valence-corrected chi connectivity index (χ4v) is 5.95. The summed E-state index contributed by atoms with van der Waals surface area (Å²) in [5, 5.41) is 0. The first-order chi connectivity index (χ1) is 14.0. The van der Waals surface area contributed by atoms with Crippen molar-refractivity contribution >= 4 is 11.9 Å². The maximum absolute atomic E-state index is 12.1. The summed E-state index contributed by atoms with van der Waals surface area (Å²) in [7, 11) is 1.63. The van der Waals surface area contributed by atoms with Crippen molar-refractivity contribution in [1.29, 1.82) is 0 Å². The molecule has 8 heteroatoms. The molecule has 1 aliphatic carbocycles. The molecule has 8 nitrogen and oxygen atoms in total. The van der Waals surface area contributed by atoms with E-state index in [0.717, 1.165) is 37.1 Å². The number of rotatable bonds is 3. The third-order valence-electron chi connectivity index (χ3n) is 6.82. The Balaban J connectivity index is 1.71. The van der Waals surface area contributed by atoms with Crippen LogP contribution >= 0.6 is 0 Å². The minimum atomic E-state index is -0.559. The van der Waals surface area contributed by atoms with Gasteiger partial charge in [-0.2, -0.15) is 0 Å². The standard InChI is InChI=1S/C21H25NO7/c1-11(23)28-15-4-5-17-21(20(15)29-12(2)24)6-7-22(17)9-13-14(21)8-16-19(18(13)25-3)27-10-26-16/h8,15,17,20H,4-7,9-10H2,1-3H3/t15-,17+,20+,21-/m0/s1. The van der Waals surface area contributed by atoms with Crippen molar-refractivity contribution in [2.24, 2.45) is 0 Å². The van der Waals surface area contributed by atoms with Crippen molar-refractivity contribution in [3.8, 4) is 17.2 Å². The van der Waals surface area contributed by atoms with Crippen LogP contribution in [0.5, 0.6) is 17.2 Å². The van der Waals surface area contributed by atoms with E-state index in [4.69, 9.17) is 23.7 Å². The van der Waals surface area contributed by atoms with Crippen LogP contribution in [-0.4, -0.2) is 55.5 Å². The van der Waals surface area contributed by atoms with Gasteiger partial charge in [0, 0.05) is 32.0 Å². The van der Waals surface area contributed by atoms with Crippen molar-refractivity contribution in [2.75, 3.05) is 20.4 Å². The highest BCUT2D eigenvalue weighted by molar-refractivity contribution is 5.69. The Kier molecular flexibility index (Phi) is 4.17. The van der Waals surface area contributed by atoms with Gasteiger partial charge in [-0.15, -0.1) is 0 Å². The third kappa shape index (κ3) is 2.54. The average molecular weight is 403 g/mol. The summed E-state index contributed by atoms with van der Waals surface area (Å²) in [5.74, 6) is 1.20. The van der Waals surface area contributed by atoms with Crippen LogP contribution < -0.4 is 14.2 Å². The van der Waals surface area contributed by atoms with Gasteiger partial charge in [-0.1, -0.05) is 0 Å². The van der Waals surface area contributed by atoms with Crippen LogP contribution in [0, 0.1) is 0 Å². The summed E-state index contributed by atoms with van der Waals surface area (Å²) in [6, 6.07) is 2.22. The molecule has 3 aliphatic heterocycles. The van der Waals surface area contributed by atoms with E-state index in [9.17, 15) is 9.59 Å². The van der Waals surface area contributed by atoms with Crippen molar-refractivity contribution in [1.82, 2.24) is 4.90 Å². The fourth-order valence-electron chi connectivity index (χ4n) is 5.95. The summed E-state index contributed by atoms with van der Waals surface area (Å²) >= 11 is 0. The molecule has 2 bridgehead atoms. The molecular weight excluding hydrogens is 378 g/mol. The first-order valence-corrected chi connectivity index (χ1v) is 10.0. The smallest absolute Gasteiger partial charge is 0.303 e. The van der Waals surface area contributed by atoms with E-state index >= 15 is 0 Å². The molecule has 1 saturated heterocycles. The molecule has 29 heavy (non-hydrogen) atoms. The van der Waals surface area contributed by atoms with E-state index in [1.54, 1.807) is 7.11 Å². The number of nitrogens with zero attached hydrogens (tertiary/aromatic N) is 1. The Morgan fingerprint density at radius 1 is 1.17 bits per heavy atom. The Labute approximate surface area is 169 Å². The van der Waals surface area contributed by atoms with Crippen LogP contribution in [0.2, 0.25) is 0 Å². The van der Waals surface area contributed by atoms with E-state index in [1.165, 1.54) is 13.8 Å². The third-order valence-corrected chi connectivity index (χ3v) is 6.82. The molecule has 2 fully saturated rings. The van der Waals surface area contributed by atoms with Crippen LogP contribution in [0.15, 0.2) is 6.07 Å². The number of hydrogen-bond acceptors (Lipinski definition) is 8. The minimum Gasteiger partial charge on any atom is -0.492 e. The molecule has 0 N–H and O–H groups in total. The van der Waals surface area contributed by atoms with Gasteiger partial charge in [0.15, 0.2) is 11.5 Å². The van der Waals surface area contributed by atoms with E-state index < -0.39 is 17.6 Å². The Morgan fingerprint density at radius 3 is 2.69 bits per heavy atom. The van der Waals surface area contributed by atoms with Crippen LogP contribution in [0.4, 0.5) is 0 Å². The first-order valence-electron chi connectivity index (χ1n) is 10.0. The average Bonchev–Trinajstić information content (AvgIpc) is 3.24. The Bertz CT molecular complexity index is 884. The lowest BCUT2D eigenvalue weighted by Gasteiger charge is -2.52. The van der Waals surface area contributed by atoms with E-state index in [2.05, 4.69) is 4.90 Å². The molecule has 3 heterocycles. The molecule has 1 unspecified atom stereocenters. The second-order valence-corrected chi connectivity index (χ2v) is 8.20. The van der Waals surface area contributed by atoms with E-state index in [0.29, 0.717) is 23.7 Å². The quantitative estimate of drug-likeness (QED) is 0.708. The number of ether oxygens (including phenoxy) is 5. The molecule has 0 spiro atoms. The maximum atomic E-state index is 12.1. The molecular formula is C21H25NO7. The van der Waals surface area contributed by atoms with Crippen LogP contribution in [0.25, 0.3) is 0 Å². The Morgan fingerprint density at radius 2 is 1.97 bits per heavy atom. The molecule has 1 aromatic rings.